The lowest BCUT2D eigenvalue weighted by molar-refractivity contribution is -0.0191. The van der Waals surface area contributed by atoms with E-state index in [0.29, 0.717) is 0 Å². The molecular weight excluding hydrogens is 254 g/mol. The molecule has 3 rings (SSSR count). The van der Waals surface area contributed by atoms with Gasteiger partial charge in [-0.05, 0) is 41.8 Å². The highest BCUT2D eigenvalue weighted by Gasteiger charge is 2.32. The van der Waals surface area contributed by atoms with Gasteiger partial charge in [-0.3, -0.25) is 0 Å². The Balaban J connectivity index is 1.77. The number of rotatable bonds is 3. The molecule has 1 aromatic heterocycles. The number of likely N-dealkylation sites (tertiary alicyclic amines) is 1. The smallest absolute Gasteiger partial charge is 0.0712 e. The van der Waals surface area contributed by atoms with Crippen LogP contribution in [0.1, 0.15) is 25.3 Å². The molecule has 0 aliphatic carbocycles. The summed E-state index contributed by atoms with van der Waals surface area (Å²) in [6.45, 7) is 5.33. The maximum absolute atomic E-state index is 10.8. The summed E-state index contributed by atoms with van der Waals surface area (Å²) >= 11 is 1.78. The Kier molecular flexibility index (Phi) is 3.61. The van der Waals surface area contributed by atoms with E-state index in [1.54, 1.807) is 11.3 Å². The summed E-state index contributed by atoms with van der Waals surface area (Å²) in [6, 6.07) is 8.50. The molecule has 0 unspecified atom stereocenters. The molecule has 1 saturated heterocycles. The Bertz CT molecular complexity index is 555. The van der Waals surface area contributed by atoms with E-state index in [4.69, 9.17) is 0 Å². The van der Waals surface area contributed by atoms with Gasteiger partial charge in [0.25, 0.3) is 0 Å². The van der Waals surface area contributed by atoms with Crippen molar-refractivity contribution in [2.75, 3.05) is 19.6 Å². The fourth-order valence-corrected chi connectivity index (χ4v) is 3.95. The van der Waals surface area contributed by atoms with Crippen LogP contribution < -0.4 is 0 Å². The van der Waals surface area contributed by atoms with Crippen LogP contribution in [-0.2, 0) is 6.42 Å². The first-order valence-corrected chi connectivity index (χ1v) is 7.98. The van der Waals surface area contributed by atoms with Crippen LogP contribution >= 0.6 is 11.3 Å². The SMILES string of the molecule is CCN1CCC(O)(Cc2csc3ccccc23)CC1. The summed E-state index contributed by atoms with van der Waals surface area (Å²) in [4.78, 5) is 2.42. The van der Waals surface area contributed by atoms with Gasteiger partial charge in [-0.2, -0.15) is 0 Å². The molecular formula is C16H21NOS. The fraction of sp³-hybridized carbons (Fsp3) is 0.500. The third-order valence-corrected chi connectivity index (χ3v) is 5.33. The highest BCUT2D eigenvalue weighted by Crippen LogP contribution is 2.32. The van der Waals surface area contributed by atoms with Crippen LogP contribution in [0.15, 0.2) is 29.6 Å². The van der Waals surface area contributed by atoms with Crippen LogP contribution in [0.3, 0.4) is 0 Å². The highest BCUT2D eigenvalue weighted by atomic mass is 32.1. The normalized spacial score (nSPS) is 19.9. The number of thiophene rings is 1. The van der Waals surface area contributed by atoms with Crippen molar-refractivity contribution in [3.05, 3.63) is 35.2 Å². The zero-order valence-electron chi connectivity index (χ0n) is 11.4. The van der Waals surface area contributed by atoms with E-state index in [9.17, 15) is 5.11 Å². The lowest BCUT2D eigenvalue weighted by Gasteiger charge is -2.37. The van der Waals surface area contributed by atoms with Crippen molar-refractivity contribution in [3.63, 3.8) is 0 Å². The van der Waals surface area contributed by atoms with Crippen LogP contribution in [0.4, 0.5) is 0 Å². The average molecular weight is 275 g/mol. The van der Waals surface area contributed by atoms with Gasteiger partial charge in [0.2, 0.25) is 0 Å². The molecule has 1 aromatic carbocycles. The summed E-state index contributed by atoms with van der Waals surface area (Å²) in [5.74, 6) is 0. The Morgan fingerprint density at radius 2 is 2.00 bits per heavy atom. The maximum Gasteiger partial charge on any atom is 0.0712 e. The minimum Gasteiger partial charge on any atom is -0.389 e. The van der Waals surface area contributed by atoms with Gasteiger partial charge < -0.3 is 10.0 Å². The van der Waals surface area contributed by atoms with E-state index in [0.717, 1.165) is 38.9 Å². The molecule has 2 nitrogen and oxygen atoms in total. The lowest BCUT2D eigenvalue weighted by atomic mass is 9.85. The van der Waals surface area contributed by atoms with E-state index in [1.165, 1.54) is 15.6 Å². The molecule has 0 bridgehead atoms. The van der Waals surface area contributed by atoms with E-state index >= 15 is 0 Å². The molecule has 0 saturated carbocycles. The van der Waals surface area contributed by atoms with E-state index < -0.39 is 5.60 Å². The summed E-state index contributed by atoms with van der Waals surface area (Å²) in [5.41, 5.74) is 0.809. The van der Waals surface area contributed by atoms with Crippen LogP contribution in [-0.4, -0.2) is 35.2 Å². The number of benzene rings is 1. The maximum atomic E-state index is 10.8. The first-order chi connectivity index (χ1) is 9.20. The fourth-order valence-electron chi connectivity index (χ4n) is 2.99. The summed E-state index contributed by atoms with van der Waals surface area (Å²) in [7, 11) is 0. The second-order valence-corrected chi connectivity index (χ2v) is 6.50. The molecule has 1 aliphatic heterocycles. The Morgan fingerprint density at radius 1 is 1.26 bits per heavy atom. The summed E-state index contributed by atoms with van der Waals surface area (Å²) in [6.07, 6.45) is 2.59. The molecule has 2 aromatic rings. The van der Waals surface area contributed by atoms with Crippen LogP contribution in [0.5, 0.6) is 0 Å². The molecule has 0 atom stereocenters. The second-order valence-electron chi connectivity index (χ2n) is 5.59. The van der Waals surface area contributed by atoms with Crippen molar-refractivity contribution < 1.29 is 5.11 Å². The number of nitrogens with zero attached hydrogens (tertiary/aromatic N) is 1. The van der Waals surface area contributed by atoms with Crippen molar-refractivity contribution in [2.24, 2.45) is 0 Å². The minimum absolute atomic E-state index is 0.504. The van der Waals surface area contributed by atoms with Crippen molar-refractivity contribution in [2.45, 2.75) is 31.8 Å². The van der Waals surface area contributed by atoms with Crippen molar-refractivity contribution >= 4 is 21.4 Å². The topological polar surface area (TPSA) is 23.5 Å². The monoisotopic (exact) mass is 275 g/mol. The number of fused-ring (bicyclic) bond motifs is 1. The largest absolute Gasteiger partial charge is 0.389 e. The van der Waals surface area contributed by atoms with Gasteiger partial charge in [-0.25, -0.2) is 0 Å². The summed E-state index contributed by atoms with van der Waals surface area (Å²) < 4.78 is 1.33. The van der Waals surface area contributed by atoms with Gasteiger partial charge >= 0.3 is 0 Å². The number of aliphatic hydroxyl groups is 1. The number of piperidine rings is 1. The van der Waals surface area contributed by atoms with Crippen molar-refractivity contribution in [1.29, 1.82) is 0 Å². The van der Waals surface area contributed by atoms with Gasteiger partial charge in [-0.15, -0.1) is 11.3 Å². The zero-order chi connectivity index (χ0) is 13.3. The molecule has 0 amide bonds. The standard InChI is InChI=1S/C16H21NOS/c1-2-17-9-7-16(18,8-10-17)11-13-12-19-15-6-4-3-5-14(13)15/h3-6,12,18H,2,7-11H2,1H3. The zero-order valence-corrected chi connectivity index (χ0v) is 12.2. The number of hydrogen-bond donors (Lipinski definition) is 1. The van der Waals surface area contributed by atoms with Crippen molar-refractivity contribution in [1.82, 2.24) is 4.90 Å². The molecule has 1 N–H and O–H groups in total. The predicted molar refractivity (Wildman–Crippen MR) is 81.8 cm³/mol. The van der Waals surface area contributed by atoms with Gasteiger partial charge in [0.05, 0.1) is 5.60 Å². The molecule has 1 aliphatic rings. The molecule has 0 spiro atoms. The predicted octanol–water partition coefficient (Wildman–Crippen LogP) is 3.29. The average Bonchev–Trinajstić information content (AvgIpc) is 2.83. The second kappa shape index (κ2) is 5.23. The Labute approximate surface area is 118 Å². The third kappa shape index (κ3) is 2.69. The van der Waals surface area contributed by atoms with Gasteiger partial charge in [0.1, 0.15) is 0 Å². The van der Waals surface area contributed by atoms with Gasteiger partial charge in [0, 0.05) is 24.2 Å². The third-order valence-electron chi connectivity index (χ3n) is 4.31. The van der Waals surface area contributed by atoms with Crippen LogP contribution in [0, 0.1) is 0 Å². The van der Waals surface area contributed by atoms with Crippen molar-refractivity contribution in [3.8, 4) is 0 Å². The molecule has 19 heavy (non-hydrogen) atoms. The van der Waals surface area contributed by atoms with E-state index in [-0.39, 0.29) is 0 Å². The molecule has 102 valence electrons. The quantitative estimate of drug-likeness (QED) is 0.929. The van der Waals surface area contributed by atoms with Gasteiger partial charge in [0.15, 0.2) is 0 Å². The first-order valence-electron chi connectivity index (χ1n) is 7.10. The lowest BCUT2D eigenvalue weighted by Crippen LogP contribution is -2.45. The van der Waals surface area contributed by atoms with E-state index in [1.807, 2.05) is 0 Å². The van der Waals surface area contributed by atoms with E-state index in [2.05, 4.69) is 41.5 Å². The minimum atomic E-state index is -0.504. The number of hydrogen-bond acceptors (Lipinski definition) is 3. The molecule has 0 radical (unpaired) electrons. The van der Waals surface area contributed by atoms with Gasteiger partial charge in [-0.1, -0.05) is 25.1 Å². The van der Waals surface area contributed by atoms with Crippen LogP contribution in [0.2, 0.25) is 0 Å². The molecule has 2 heterocycles. The Hall–Kier alpha value is -0.900. The Morgan fingerprint density at radius 3 is 2.74 bits per heavy atom. The highest BCUT2D eigenvalue weighted by molar-refractivity contribution is 7.17. The summed E-state index contributed by atoms with van der Waals surface area (Å²) in [5, 5.41) is 14.3. The molecule has 3 heteroatoms. The van der Waals surface area contributed by atoms with Crippen LogP contribution in [0.25, 0.3) is 10.1 Å². The first kappa shape index (κ1) is 13.1. The molecule has 1 fully saturated rings.